The van der Waals surface area contributed by atoms with Crippen LogP contribution in [0.2, 0.25) is 5.02 Å². The van der Waals surface area contributed by atoms with Gasteiger partial charge in [0.1, 0.15) is 0 Å². The van der Waals surface area contributed by atoms with E-state index >= 15 is 0 Å². The highest BCUT2D eigenvalue weighted by Crippen LogP contribution is 2.35. The molecule has 0 radical (unpaired) electrons. The topological polar surface area (TPSA) is 20.2 Å². The van der Waals surface area contributed by atoms with Crippen molar-refractivity contribution in [1.29, 1.82) is 0 Å². The van der Waals surface area contributed by atoms with Crippen LogP contribution in [0.25, 0.3) is 0 Å². The van der Waals surface area contributed by atoms with Crippen molar-refractivity contribution in [3.63, 3.8) is 0 Å². The van der Waals surface area contributed by atoms with Gasteiger partial charge in [-0.25, -0.2) is 0 Å². The Labute approximate surface area is 109 Å². The molecule has 0 heterocycles. The van der Waals surface area contributed by atoms with E-state index in [-0.39, 0.29) is 6.10 Å². The molecule has 1 aliphatic carbocycles. The minimum Gasteiger partial charge on any atom is -0.388 e. The summed E-state index contributed by atoms with van der Waals surface area (Å²) in [7, 11) is 0. The molecule has 0 saturated heterocycles. The molecule has 0 spiro atoms. The lowest BCUT2D eigenvalue weighted by molar-refractivity contribution is 0.0982. The molecule has 2 heteroatoms. The third-order valence-electron chi connectivity index (χ3n) is 3.97. The average Bonchev–Trinajstić information content (AvgIpc) is 2.60. The van der Waals surface area contributed by atoms with Crippen LogP contribution in [-0.2, 0) is 0 Å². The molecule has 1 atom stereocenters. The number of benzene rings is 1. The number of rotatable bonds is 2. The van der Waals surface area contributed by atoms with E-state index in [2.05, 4.69) is 0 Å². The van der Waals surface area contributed by atoms with Gasteiger partial charge in [0, 0.05) is 5.02 Å². The van der Waals surface area contributed by atoms with E-state index < -0.39 is 0 Å². The maximum atomic E-state index is 10.5. The summed E-state index contributed by atoms with van der Waals surface area (Å²) in [6, 6.07) is 5.83. The van der Waals surface area contributed by atoms with E-state index in [4.69, 9.17) is 11.6 Å². The molecule has 0 aliphatic heterocycles. The summed E-state index contributed by atoms with van der Waals surface area (Å²) < 4.78 is 0. The number of aliphatic hydroxyl groups is 1. The highest BCUT2D eigenvalue weighted by Gasteiger charge is 2.23. The Morgan fingerprint density at radius 1 is 1.18 bits per heavy atom. The lowest BCUT2D eigenvalue weighted by Gasteiger charge is -2.23. The van der Waals surface area contributed by atoms with Crippen molar-refractivity contribution in [1.82, 2.24) is 0 Å². The minimum absolute atomic E-state index is 0.341. The summed E-state index contributed by atoms with van der Waals surface area (Å²) in [5.41, 5.74) is 2.05. The summed E-state index contributed by atoms with van der Waals surface area (Å²) in [5.74, 6) is 0.412. The highest BCUT2D eigenvalue weighted by molar-refractivity contribution is 6.31. The molecule has 0 aromatic heterocycles. The van der Waals surface area contributed by atoms with Crippen LogP contribution < -0.4 is 0 Å². The normalized spacial score (nSPS) is 19.9. The largest absolute Gasteiger partial charge is 0.388 e. The Bertz CT molecular complexity index is 367. The fourth-order valence-electron chi connectivity index (χ4n) is 2.83. The smallest absolute Gasteiger partial charge is 0.0821 e. The average molecular weight is 253 g/mol. The zero-order valence-corrected chi connectivity index (χ0v) is 11.2. The molecule has 1 N–H and O–H groups in total. The maximum absolute atomic E-state index is 10.5. The van der Waals surface area contributed by atoms with Crippen molar-refractivity contribution < 1.29 is 5.11 Å². The van der Waals surface area contributed by atoms with Crippen LogP contribution in [0.4, 0.5) is 0 Å². The van der Waals surface area contributed by atoms with Gasteiger partial charge in [-0.15, -0.1) is 0 Å². The summed E-state index contributed by atoms with van der Waals surface area (Å²) in [6.07, 6.45) is 7.09. The molecule has 17 heavy (non-hydrogen) atoms. The van der Waals surface area contributed by atoms with Gasteiger partial charge < -0.3 is 5.11 Å². The third kappa shape index (κ3) is 3.02. The molecule has 0 bridgehead atoms. The number of halogens is 1. The molecule has 2 rings (SSSR count). The molecule has 1 unspecified atom stereocenters. The van der Waals surface area contributed by atoms with Gasteiger partial charge in [-0.05, 0) is 42.9 Å². The molecular weight excluding hydrogens is 232 g/mol. The van der Waals surface area contributed by atoms with Crippen molar-refractivity contribution in [2.45, 2.75) is 51.6 Å². The zero-order valence-electron chi connectivity index (χ0n) is 10.5. The van der Waals surface area contributed by atoms with Gasteiger partial charge in [-0.1, -0.05) is 49.4 Å². The summed E-state index contributed by atoms with van der Waals surface area (Å²) in [5, 5.41) is 11.3. The first kappa shape index (κ1) is 12.9. The van der Waals surface area contributed by atoms with Gasteiger partial charge in [0.15, 0.2) is 0 Å². The van der Waals surface area contributed by atoms with Crippen LogP contribution in [0, 0.1) is 12.8 Å². The molecule has 1 saturated carbocycles. The summed E-state index contributed by atoms with van der Waals surface area (Å²) >= 11 is 6.12. The summed E-state index contributed by atoms with van der Waals surface area (Å²) in [6.45, 7) is 2.00. The fraction of sp³-hybridized carbons (Fsp3) is 0.600. The molecule has 1 aromatic carbocycles. The predicted octanol–water partition coefficient (Wildman–Crippen LogP) is 4.65. The van der Waals surface area contributed by atoms with E-state index in [1.54, 1.807) is 0 Å². The standard InChI is InChI=1S/C15H21ClO/c1-11-13(9-6-10-14(11)16)15(17)12-7-4-2-3-5-8-12/h6,9-10,12,15,17H,2-5,7-8H2,1H3. The zero-order chi connectivity index (χ0) is 12.3. The van der Waals surface area contributed by atoms with Crippen molar-refractivity contribution in [2.24, 2.45) is 5.92 Å². The lowest BCUT2D eigenvalue weighted by Crippen LogP contribution is -2.13. The van der Waals surface area contributed by atoms with Crippen LogP contribution >= 0.6 is 11.6 Å². The van der Waals surface area contributed by atoms with E-state index in [9.17, 15) is 5.11 Å². The van der Waals surface area contributed by atoms with Gasteiger partial charge >= 0.3 is 0 Å². The lowest BCUT2D eigenvalue weighted by atomic mass is 9.88. The Morgan fingerprint density at radius 2 is 1.82 bits per heavy atom. The van der Waals surface area contributed by atoms with Crippen molar-refractivity contribution in [2.75, 3.05) is 0 Å². The first-order valence-electron chi connectivity index (χ1n) is 6.63. The van der Waals surface area contributed by atoms with Crippen LogP contribution in [0.15, 0.2) is 18.2 Å². The van der Waals surface area contributed by atoms with Gasteiger partial charge in [-0.2, -0.15) is 0 Å². The Morgan fingerprint density at radius 3 is 2.47 bits per heavy atom. The number of hydrogen-bond donors (Lipinski definition) is 1. The van der Waals surface area contributed by atoms with Crippen LogP contribution in [0.1, 0.15) is 55.8 Å². The molecule has 1 aromatic rings. The van der Waals surface area contributed by atoms with E-state index in [0.717, 1.165) is 29.0 Å². The van der Waals surface area contributed by atoms with E-state index in [1.807, 2.05) is 25.1 Å². The second-order valence-electron chi connectivity index (χ2n) is 5.15. The van der Waals surface area contributed by atoms with Gasteiger partial charge in [-0.3, -0.25) is 0 Å². The Kier molecular flexibility index (Phi) is 4.47. The summed E-state index contributed by atoms with van der Waals surface area (Å²) in [4.78, 5) is 0. The van der Waals surface area contributed by atoms with Gasteiger partial charge in [0.05, 0.1) is 6.10 Å². The molecule has 1 fully saturated rings. The molecule has 1 aliphatic rings. The minimum atomic E-state index is -0.341. The molecule has 0 amide bonds. The second-order valence-corrected chi connectivity index (χ2v) is 5.56. The van der Waals surface area contributed by atoms with Crippen molar-refractivity contribution >= 4 is 11.6 Å². The Balaban J connectivity index is 2.17. The second kappa shape index (κ2) is 5.88. The van der Waals surface area contributed by atoms with E-state index in [0.29, 0.717) is 5.92 Å². The van der Waals surface area contributed by atoms with Crippen LogP contribution in [-0.4, -0.2) is 5.11 Å². The SMILES string of the molecule is Cc1c(Cl)cccc1C(O)C1CCCCCC1. The molecule has 1 nitrogen and oxygen atoms in total. The Hall–Kier alpha value is -0.530. The molecular formula is C15H21ClO. The van der Waals surface area contributed by atoms with Crippen LogP contribution in [0.5, 0.6) is 0 Å². The van der Waals surface area contributed by atoms with E-state index in [1.165, 1.54) is 25.7 Å². The number of hydrogen-bond acceptors (Lipinski definition) is 1. The fourth-order valence-corrected chi connectivity index (χ4v) is 3.01. The van der Waals surface area contributed by atoms with Crippen molar-refractivity contribution in [3.05, 3.63) is 34.3 Å². The molecule has 94 valence electrons. The van der Waals surface area contributed by atoms with Gasteiger partial charge in [0.2, 0.25) is 0 Å². The number of aliphatic hydroxyl groups excluding tert-OH is 1. The highest BCUT2D eigenvalue weighted by atomic mass is 35.5. The first-order chi connectivity index (χ1) is 8.20. The van der Waals surface area contributed by atoms with Crippen LogP contribution in [0.3, 0.4) is 0 Å². The monoisotopic (exact) mass is 252 g/mol. The third-order valence-corrected chi connectivity index (χ3v) is 4.38. The van der Waals surface area contributed by atoms with Crippen molar-refractivity contribution in [3.8, 4) is 0 Å². The maximum Gasteiger partial charge on any atom is 0.0821 e. The van der Waals surface area contributed by atoms with Gasteiger partial charge in [0.25, 0.3) is 0 Å². The quantitative estimate of drug-likeness (QED) is 0.760. The predicted molar refractivity (Wildman–Crippen MR) is 72.3 cm³/mol. The first-order valence-corrected chi connectivity index (χ1v) is 7.01.